The monoisotopic (exact) mass is 306 g/mol. The maximum atomic E-state index is 12.9. The van der Waals surface area contributed by atoms with Gasteiger partial charge in [0, 0.05) is 11.1 Å². The summed E-state index contributed by atoms with van der Waals surface area (Å²) in [5, 5.41) is 4.88. The molecule has 0 bridgehead atoms. The van der Waals surface area contributed by atoms with E-state index in [9.17, 15) is 18.0 Å². The molecule has 110 valence electrons. The molecule has 0 unspecified atom stereocenters. The van der Waals surface area contributed by atoms with Gasteiger partial charge < -0.3 is 10.6 Å². The molecular formula is C13H14ClF3N2O. The van der Waals surface area contributed by atoms with E-state index in [1.54, 1.807) is 0 Å². The molecule has 2 rings (SSSR count). The van der Waals surface area contributed by atoms with Crippen molar-refractivity contribution in [2.45, 2.75) is 37.9 Å². The lowest BCUT2D eigenvalue weighted by Gasteiger charge is -2.16. The van der Waals surface area contributed by atoms with E-state index in [4.69, 9.17) is 11.6 Å². The predicted molar refractivity (Wildman–Crippen MR) is 70.9 cm³/mol. The van der Waals surface area contributed by atoms with Crippen LogP contribution in [-0.4, -0.2) is 12.1 Å². The molecular weight excluding hydrogens is 293 g/mol. The Morgan fingerprint density at radius 2 is 1.90 bits per heavy atom. The molecule has 0 aromatic heterocycles. The number of alkyl halides is 3. The minimum atomic E-state index is -4.57. The summed E-state index contributed by atoms with van der Waals surface area (Å²) in [5.41, 5.74) is -1.25. The summed E-state index contributed by atoms with van der Waals surface area (Å²) in [6.07, 6.45) is -0.791. The molecule has 0 heterocycles. The number of carbonyl (C=O) groups excluding carboxylic acids is 1. The zero-order valence-electron chi connectivity index (χ0n) is 10.6. The van der Waals surface area contributed by atoms with Crippen molar-refractivity contribution in [1.82, 2.24) is 5.32 Å². The minimum absolute atomic E-state index is 0.0286. The van der Waals surface area contributed by atoms with Crippen molar-refractivity contribution >= 4 is 23.3 Å². The van der Waals surface area contributed by atoms with Crippen LogP contribution >= 0.6 is 11.6 Å². The number of anilines is 1. The van der Waals surface area contributed by atoms with Crippen LogP contribution in [0.1, 0.15) is 31.2 Å². The van der Waals surface area contributed by atoms with Crippen molar-refractivity contribution in [3.63, 3.8) is 0 Å². The summed E-state index contributed by atoms with van der Waals surface area (Å²) in [6, 6.07) is 2.68. The van der Waals surface area contributed by atoms with Gasteiger partial charge in [-0.1, -0.05) is 24.4 Å². The van der Waals surface area contributed by atoms with E-state index in [1.165, 1.54) is 6.07 Å². The fourth-order valence-electron chi connectivity index (χ4n) is 2.27. The molecule has 0 spiro atoms. The summed E-state index contributed by atoms with van der Waals surface area (Å²) in [4.78, 5) is 11.7. The van der Waals surface area contributed by atoms with E-state index in [-0.39, 0.29) is 16.8 Å². The number of hydrogen-bond donors (Lipinski definition) is 2. The average Bonchev–Trinajstić information content (AvgIpc) is 2.82. The molecule has 0 saturated heterocycles. The largest absolute Gasteiger partial charge is 0.418 e. The van der Waals surface area contributed by atoms with Crippen LogP contribution in [0.2, 0.25) is 5.02 Å². The number of nitrogens with one attached hydrogen (secondary N) is 2. The summed E-state index contributed by atoms with van der Waals surface area (Å²) < 4.78 is 38.6. The number of rotatable bonds is 2. The maximum absolute atomic E-state index is 12.9. The van der Waals surface area contributed by atoms with Gasteiger partial charge in [-0.2, -0.15) is 13.2 Å². The lowest BCUT2D eigenvalue weighted by atomic mass is 10.1. The Kier molecular flexibility index (Phi) is 4.42. The topological polar surface area (TPSA) is 41.1 Å². The van der Waals surface area contributed by atoms with Crippen LogP contribution < -0.4 is 10.6 Å². The molecule has 0 radical (unpaired) electrons. The molecule has 0 atom stereocenters. The first-order valence-corrected chi connectivity index (χ1v) is 6.68. The van der Waals surface area contributed by atoms with E-state index in [0.29, 0.717) is 0 Å². The second kappa shape index (κ2) is 5.91. The van der Waals surface area contributed by atoms with Crippen molar-refractivity contribution in [3.05, 3.63) is 28.8 Å². The quantitative estimate of drug-likeness (QED) is 0.834. The summed E-state index contributed by atoms with van der Waals surface area (Å²) >= 11 is 5.57. The lowest BCUT2D eigenvalue weighted by Crippen LogP contribution is -2.36. The average molecular weight is 307 g/mol. The van der Waals surface area contributed by atoms with Crippen LogP contribution in [0.15, 0.2) is 18.2 Å². The molecule has 1 aromatic carbocycles. The first kappa shape index (κ1) is 15.0. The molecule has 1 aliphatic carbocycles. The predicted octanol–water partition coefficient (Wildman–Crippen LogP) is 4.42. The van der Waals surface area contributed by atoms with Gasteiger partial charge in [0.05, 0.1) is 11.3 Å². The molecule has 1 saturated carbocycles. The highest BCUT2D eigenvalue weighted by atomic mass is 35.5. The molecule has 3 nitrogen and oxygen atoms in total. The standard InChI is InChI=1S/C13H14ClF3N2O/c14-8-5-6-11(10(7-8)13(15,16)17)19-12(20)18-9-3-1-2-4-9/h5-7,9H,1-4H2,(H2,18,19,20). The molecule has 2 N–H and O–H groups in total. The van der Waals surface area contributed by atoms with Crippen LogP contribution in [0.5, 0.6) is 0 Å². The molecule has 1 aliphatic rings. The molecule has 7 heteroatoms. The van der Waals surface area contributed by atoms with Gasteiger partial charge in [0.2, 0.25) is 0 Å². The molecule has 1 aromatic rings. The van der Waals surface area contributed by atoms with E-state index in [0.717, 1.165) is 37.8 Å². The van der Waals surface area contributed by atoms with Gasteiger partial charge in [-0.05, 0) is 31.0 Å². The Labute approximate surface area is 119 Å². The zero-order valence-corrected chi connectivity index (χ0v) is 11.3. The highest BCUT2D eigenvalue weighted by Crippen LogP contribution is 2.36. The van der Waals surface area contributed by atoms with E-state index >= 15 is 0 Å². The van der Waals surface area contributed by atoms with E-state index in [1.807, 2.05) is 0 Å². The third-order valence-electron chi connectivity index (χ3n) is 3.23. The van der Waals surface area contributed by atoms with E-state index < -0.39 is 17.8 Å². The second-order valence-electron chi connectivity index (χ2n) is 4.77. The smallest absolute Gasteiger partial charge is 0.335 e. The molecule has 0 aliphatic heterocycles. The number of carbonyl (C=O) groups is 1. The van der Waals surface area contributed by atoms with Gasteiger partial charge in [0.25, 0.3) is 0 Å². The normalized spacial score (nSPS) is 16.2. The van der Waals surface area contributed by atoms with E-state index in [2.05, 4.69) is 10.6 Å². The van der Waals surface area contributed by atoms with Crippen LogP contribution in [0.4, 0.5) is 23.7 Å². The van der Waals surface area contributed by atoms with Crippen molar-refractivity contribution in [1.29, 1.82) is 0 Å². The Hall–Kier alpha value is -1.43. The number of halogens is 4. The second-order valence-corrected chi connectivity index (χ2v) is 5.20. The molecule has 1 fully saturated rings. The SMILES string of the molecule is O=C(Nc1ccc(Cl)cc1C(F)(F)F)NC1CCCC1. The Balaban J connectivity index is 2.10. The minimum Gasteiger partial charge on any atom is -0.335 e. The van der Waals surface area contributed by atoms with Gasteiger partial charge in [0.15, 0.2) is 0 Å². The Morgan fingerprint density at radius 1 is 1.25 bits per heavy atom. The Morgan fingerprint density at radius 3 is 2.50 bits per heavy atom. The molecule has 20 heavy (non-hydrogen) atoms. The molecule has 2 amide bonds. The number of amides is 2. The number of urea groups is 1. The van der Waals surface area contributed by atoms with Crippen molar-refractivity contribution < 1.29 is 18.0 Å². The summed E-state index contributed by atoms with van der Waals surface area (Å²) in [6.45, 7) is 0. The number of benzene rings is 1. The zero-order chi connectivity index (χ0) is 14.8. The van der Waals surface area contributed by atoms with Gasteiger partial charge >= 0.3 is 12.2 Å². The van der Waals surface area contributed by atoms with Crippen LogP contribution in [0.25, 0.3) is 0 Å². The first-order chi connectivity index (χ1) is 9.36. The van der Waals surface area contributed by atoms with Crippen molar-refractivity contribution in [2.75, 3.05) is 5.32 Å². The van der Waals surface area contributed by atoms with Crippen LogP contribution in [0, 0.1) is 0 Å². The third kappa shape index (κ3) is 3.79. The fraction of sp³-hybridized carbons (Fsp3) is 0.462. The van der Waals surface area contributed by atoms with Crippen LogP contribution in [0.3, 0.4) is 0 Å². The van der Waals surface area contributed by atoms with Gasteiger partial charge in [-0.3, -0.25) is 0 Å². The maximum Gasteiger partial charge on any atom is 0.418 e. The third-order valence-corrected chi connectivity index (χ3v) is 3.46. The Bertz CT molecular complexity index is 499. The number of hydrogen-bond acceptors (Lipinski definition) is 1. The van der Waals surface area contributed by atoms with Gasteiger partial charge in [-0.15, -0.1) is 0 Å². The van der Waals surface area contributed by atoms with Crippen molar-refractivity contribution in [2.24, 2.45) is 0 Å². The summed E-state index contributed by atoms with van der Waals surface area (Å²) in [5.74, 6) is 0. The van der Waals surface area contributed by atoms with Crippen LogP contribution in [-0.2, 0) is 6.18 Å². The summed E-state index contributed by atoms with van der Waals surface area (Å²) in [7, 11) is 0. The van der Waals surface area contributed by atoms with Gasteiger partial charge in [0.1, 0.15) is 0 Å². The highest BCUT2D eigenvalue weighted by Gasteiger charge is 2.34. The lowest BCUT2D eigenvalue weighted by molar-refractivity contribution is -0.136. The van der Waals surface area contributed by atoms with Crippen molar-refractivity contribution in [3.8, 4) is 0 Å². The highest BCUT2D eigenvalue weighted by molar-refractivity contribution is 6.30. The fourth-order valence-corrected chi connectivity index (χ4v) is 2.45. The van der Waals surface area contributed by atoms with Gasteiger partial charge in [-0.25, -0.2) is 4.79 Å². The first-order valence-electron chi connectivity index (χ1n) is 6.30.